The molecule has 0 amide bonds. The Morgan fingerprint density at radius 3 is 1.92 bits per heavy atom. The van der Waals surface area contributed by atoms with Gasteiger partial charge in [-0.3, -0.25) is 0 Å². The average molecular weight is 373 g/mol. The molecule has 0 spiro atoms. The quantitative estimate of drug-likeness (QED) is 0.711. The Balaban J connectivity index is 1.77. The summed E-state index contributed by atoms with van der Waals surface area (Å²) in [4.78, 5) is 0.0259. The Morgan fingerprint density at radius 2 is 1.46 bits per heavy atom. The van der Waals surface area contributed by atoms with E-state index in [4.69, 9.17) is 14.3 Å². The molecule has 2 aromatic carbocycles. The van der Waals surface area contributed by atoms with Gasteiger partial charge in [-0.05, 0) is 54.4 Å². The van der Waals surface area contributed by atoms with E-state index in [-0.39, 0.29) is 4.90 Å². The van der Waals surface area contributed by atoms with E-state index in [0.717, 1.165) is 11.3 Å². The zero-order valence-corrected chi connectivity index (χ0v) is 15.2. The standard InChI is InChI=1S/C18H19N3O4S/c1-12(2)11-24-15-7-3-13(4-8-15)17-20-21-18(25-17)14-5-9-16(10-6-14)26(19,22)23/h3-10,12H,11H2,1-2H3,(H2,19,22,23). The van der Waals surface area contributed by atoms with Gasteiger partial charge in [0.15, 0.2) is 0 Å². The molecule has 0 aliphatic carbocycles. The number of hydrogen-bond acceptors (Lipinski definition) is 6. The van der Waals surface area contributed by atoms with Crippen LogP contribution in [0.1, 0.15) is 13.8 Å². The minimum Gasteiger partial charge on any atom is -0.493 e. The van der Waals surface area contributed by atoms with Crippen LogP contribution in [0.4, 0.5) is 0 Å². The maximum absolute atomic E-state index is 11.3. The maximum atomic E-state index is 11.3. The lowest BCUT2D eigenvalue weighted by molar-refractivity contribution is 0.271. The molecule has 0 saturated carbocycles. The SMILES string of the molecule is CC(C)COc1ccc(-c2nnc(-c3ccc(S(N)(=O)=O)cc3)o2)cc1. The van der Waals surface area contributed by atoms with E-state index in [9.17, 15) is 8.42 Å². The third-order valence-electron chi connectivity index (χ3n) is 3.54. The van der Waals surface area contributed by atoms with Crippen LogP contribution in [-0.4, -0.2) is 25.2 Å². The fourth-order valence-electron chi connectivity index (χ4n) is 2.20. The van der Waals surface area contributed by atoms with Crippen molar-refractivity contribution in [1.29, 1.82) is 0 Å². The number of rotatable bonds is 6. The molecule has 0 fully saturated rings. The number of ether oxygens (including phenoxy) is 1. The summed E-state index contributed by atoms with van der Waals surface area (Å²) in [7, 11) is -3.73. The van der Waals surface area contributed by atoms with Crippen LogP contribution in [-0.2, 0) is 10.0 Å². The topological polar surface area (TPSA) is 108 Å². The van der Waals surface area contributed by atoms with E-state index < -0.39 is 10.0 Å². The molecule has 0 unspecified atom stereocenters. The molecule has 3 rings (SSSR count). The normalized spacial score (nSPS) is 11.7. The summed E-state index contributed by atoms with van der Waals surface area (Å²) >= 11 is 0. The predicted molar refractivity (Wildman–Crippen MR) is 96.9 cm³/mol. The van der Waals surface area contributed by atoms with E-state index in [1.165, 1.54) is 12.1 Å². The highest BCUT2D eigenvalue weighted by molar-refractivity contribution is 7.89. The second kappa shape index (κ2) is 7.27. The summed E-state index contributed by atoms with van der Waals surface area (Å²) in [6, 6.07) is 13.3. The van der Waals surface area contributed by atoms with Crippen molar-refractivity contribution >= 4 is 10.0 Å². The highest BCUT2D eigenvalue weighted by Crippen LogP contribution is 2.26. The Morgan fingerprint density at radius 1 is 0.962 bits per heavy atom. The van der Waals surface area contributed by atoms with E-state index >= 15 is 0 Å². The molecule has 2 N–H and O–H groups in total. The van der Waals surface area contributed by atoms with Crippen molar-refractivity contribution < 1.29 is 17.6 Å². The third-order valence-corrected chi connectivity index (χ3v) is 4.47. The van der Waals surface area contributed by atoms with Crippen LogP contribution in [0, 0.1) is 5.92 Å². The number of aromatic nitrogens is 2. The number of nitrogens with two attached hydrogens (primary N) is 1. The van der Waals surface area contributed by atoms with Gasteiger partial charge in [-0.1, -0.05) is 13.8 Å². The van der Waals surface area contributed by atoms with Crippen molar-refractivity contribution in [3.05, 3.63) is 48.5 Å². The molecule has 1 aromatic heterocycles. The Bertz CT molecular complexity index is 978. The van der Waals surface area contributed by atoms with Crippen LogP contribution in [0.25, 0.3) is 22.9 Å². The summed E-state index contributed by atoms with van der Waals surface area (Å²) < 4.78 is 33.9. The molecule has 0 aliphatic heterocycles. The summed E-state index contributed by atoms with van der Waals surface area (Å²) in [6.07, 6.45) is 0. The molecule has 7 nitrogen and oxygen atoms in total. The Hall–Kier alpha value is -2.71. The Labute approximate surface area is 151 Å². The molecule has 136 valence electrons. The van der Waals surface area contributed by atoms with Gasteiger partial charge < -0.3 is 9.15 Å². The lowest BCUT2D eigenvalue weighted by Gasteiger charge is -2.08. The van der Waals surface area contributed by atoms with Gasteiger partial charge in [0.05, 0.1) is 11.5 Å². The molecule has 26 heavy (non-hydrogen) atoms. The lowest BCUT2D eigenvalue weighted by atomic mass is 10.2. The van der Waals surface area contributed by atoms with Crippen molar-refractivity contribution in [2.24, 2.45) is 11.1 Å². The second-order valence-corrected chi connectivity index (χ2v) is 7.77. The summed E-state index contributed by atoms with van der Waals surface area (Å²) in [5.41, 5.74) is 1.37. The fourth-order valence-corrected chi connectivity index (χ4v) is 2.72. The summed E-state index contributed by atoms with van der Waals surface area (Å²) in [5.74, 6) is 1.89. The third kappa shape index (κ3) is 4.27. The first-order valence-electron chi connectivity index (χ1n) is 8.03. The van der Waals surface area contributed by atoms with Gasteiger partial charge in [-0.15, -0.1) is 10.2 Å². The first-order valence-corrected chi connectivity index (χ1v) is 9.57. The lowest BCUT2D eigenvalue weighted by Crippen LogP contribution is -2.11. The molecular formula is C18H19N3O4S. The van der Waals surface area contributed by atoms with Crippen LogP contribution >= 0.6 is 0 Å². The van der Waals surface area contributed by atoms with Crippen molar-refractivity contribution in [1.82, 2.24) is 10.2 Å². The molecule has 3 aromatic rings. The molecule has 0 aliphatic rings. The maximum Gasteiger partial charge on any atom is 0.248 e. The highest BCUT2D eigenvalue weighted by atomic mass is 32.2. The molecular weight excluding hydrogens is 354 g/mol. The van der Waals surface area contributed by atoms with Crippen molar-refractivity contribution in [3.8, 4) is 28.7 Å². The first-order chi connectivity index (χ1) is 12.3. The van der Waals surface area contributed by atoms with Gasteiger partial charge in [0.25, 0.3) is 0 Å². The monoisotopic (exact) mass is 373 g/mol. The van der Waals surface area contributed by atoms with E-state index in [1.807, 2.05) is 24.3 Å². The van der Waals surface area contributed by atoms with Gasteiger partial charge in [0.2, 0.25) is 21.8 Å². The summed E-state index contributed by atoms with van der Waals surface area (Å²) in [6.45, 7) is 4.83. The van der Waals surface area contributed by atoms with Crippen LogP contribution < -0.4 is 9.88 Å². The number of primary sulfonamides is 1. The highest BCUT2D eigenvalue weighted by Gasteiger charge is 2.13. The number of nitrogens with zero attached hydrogens (tertiary/aromatic N) is 2. The Kier molecular flexibility index (Phi) is 5.06. The van der Waals surface area contributed by atoms with Gasteiger partial charge in [-0.25, -0.2) is 13.6 Å². The number of sulfonamides is 1. The van der Waals surface area contributed by atoms with Crippen molar-refractivity contribution in [2.75, 3.05) is 6.61 Å². The van der Waals surface area contributed by atoms with E-state index in [2.05, 4.69) is 24.0 Å². The van der Waals surface area contributed by atoms with Gasteiger partial charge in [0, 0.05) is 11.1 Å². The number of benzene rings is 2. The van der Waals surface area contributed by atoms with Crippen molar-refractivity contribution in [2.45, 2.75) is 18.7 Å². The predicted octanol–water partition coefficient (Wildman–Crippen LogP) is 3.09. The zero-order chi connectivity index (χ0) is 18.7. The van der Waals surface area contributed by atoms with Crippen molar-refractivity contribution in [3.63, 3.8) is 0 Å². The fraction of sp³-hybridized carbons (Fsp3) is 0.222. The minimum atomic E-state index is -3.73. The molecule has 0 bridgehead atoms. The van der Waals surface area contributed by atoms with E-state index in [0.29, 0.717) is 29.9 Å². The van der Waals surface area contributed by atoms with Gasteiger partial charge >= 0.3 is 0 Å². The summed E-state index contributed by atoms with van der Waals surface area (Å²) in [5, 5.41) is 13.1. The number of hydrogen-bond donors (Lipinski definition) is 1. The molecule has 1 heterocycles. The molecule has 8 heteroatoms. The first kappa shape index (κ1) is 18.1. The zero-order valence-electron chi connectivity index (χ0n) is 14.4. The molecule has 0 radical (unpaired) electrons. The van der Waals surface area contributed by atoms with Gasteiger partial charge in [0.1, 0.15) is 5.75 Å². The second-order valence-electron chi connectivity index (χ2n) is 6.21. The van der Waals surface area contributed by atoms with Crippen LogP contribution in [0.5, 0.6) is 5.75 Å². The van der Waals surface area contributed by atoms with Crippen LogP contribution in [0.3, 0.4) is 0 Å². The van der Waals surface area contributed by atoms with Gasteiger partial charge in [-0.2, -0.15) is 0 Å². The smallest absolute Gasteiger partial charge is 0.248 e. The van der Waals surface area contributed by atoms with Crippen LogP contribution in [0.2, 0.25) is 0 Å². The van der Waals surface area contributed by atoms with E-state index in [1.54, 1.807) is 12.1 Å². The largest absolute Gasteiger partial charge is 0.493 e. The van der Waals surface area contributed by atoms with Crippen LogP contribution in [0.15, 0.2) is 57.8 Å². The minimum absolute atomic E-state index is 0.0259. The molecule has 0 atom stereocenters. The molecule has 0 saturated heterocycles. The average Bonchev–Trinajstić information content (AvgIpc) is 3.10.